The lowest BCUT2D eigenvalue weighted by Gasteiger charge is -2.07. The van der Waals surface area contributed by atoms with E-state index in [2.05, 4.69) is 20.6 Å². The van der Waals surface area contributed by atoms with Gasteiger partial charge in [-0.25, -0.2) is 9.98 Å². The Morgan fingerprint density at radius 3 is 2.67 bits per heavy atom. The van der Waals surface area contributed by atoms with E-state index >= 15 is 0 Å². The highest BCUT2D eigenvalue weighted by Gasteiger charge is 2.25. The number of carbonyl (C=O) groups is 2. The van der Waals surface area contributed by atoms with Gasteiger partial charge in [0, 0.05) is 22.3 Å². The third-order valence-electron chi connectivity index (χ3n) is 6.73. The zero-order valence-electron chi connectivity index (χ0n) is 23.7. The van der Waals surface area contributed by atoms with Gasteiger partial charge in [0.25, 0.3) is 17.5 Å². The van der Waals surface area contributed by atoms with Crippen molar-refractivity contribution in [3.8, 4) is 0 Å². The van der Waals surface area contributed by atoms with Crippen molar-refractivity contribution in [2.24, 2.45) is 4.99 Å². The molecule has 1 fully saturated rings. The molecule has 0 unspecified atom stereocenters. The van der Waals surface area contributed by atoms with Gasteiger partial charge in [0.05, 0.1) is 30.6 Å². The number of benzene rings is 4. The molecule has 2 heterocycles. The number of anilines is 1. The average molecular weight is 672 g/mol. The molecule has 0 aliphatic carbocycles. The van der Waals surface area contributed by atoms with Crippen LogP contribution in [-0.2, 0) is 4.79 Å². The Balaban J connectivity index is 1.19. The molecule has 2 N–H and O–H groups in total. The van der Waals surface area contributed by atoms with Crippen LogP contribution in [0.3, 0.4) is 0 Å². The Morgan fingerprint density at radius 2 is 1.89 bits per heavy atom. The second kappa shape index (κ2) is 12.9. The van der Waals surface area contributed by atoms with Gasteiger partial charge in [-0.1, -0.05) is 53.7 Å². The molecule has 1 saturated heterocycles. The van der Waals surface area contributed by atoms with Crippen molar-refractivity contribution in [2.45, 2.75) is 23.1 Å². The van der Waals surface area contributed by atoms with Gasteiger partial charge in [-0.2, -0.15) is 0 Å². The van der Waals surface area contributed by atoms with Crippen LogP contribution in [0.4, 0.5) is 17.1 Å². The van der Waals surface area contributed by atoms with Gasteiger partial charge >= 0.3 is 0 Å². The molecule has 1 aromatic heterocycles. The number of nitrogens with zero attached hydrogens (tertiary/aromatic N) is 3. The first-order valence-electron chi connectivity index (χ1n) is 13.4. The Labute approximate surface area is 275 Å². The number of aryl methyl sites for hydroxylation is 2. The number of hydrogen-bond acceptors (Lipinski definition) is 9. The van der Waals surface area contributed by atoms with E-state index < -0.39 is 4.92 Å². The van der Waals surface area contributed by atoms with Crippen LogP contribution in [0, 0.1) is 24.0 Å². The van der Waals surface area contributed by atoms with Gasteiger partial charge in [0.15, 0.2) is 9.51 Å². The number of aromatic nitrogens is 1. The van der Waals surface area contributed by atoms with Gasteiger partial charge in [-0.15, -0.1) is 11.3 Å². The predicted molar refractivity (Wildman–Crippen MR) is 183 cm³/mol. The molecular formula is C32H22ClN5O4S3. The van der Waals surface area contributed by atoms with E-state index in [1.54, 1.807) is 42.5 Å². The van der Waals surface area contributed by atoms with E-state index in [-0.39, 0.29) is 17.5 Å². The molecule has 9 nitrogen and oxygen atoms in total. The summed E-state index contributed by atoms with van der Waals surface area (Å²) in [6.07, 6.45) is 1.59. The number of hydrogen-bond donors (Lipinski definition) is 2. The molecule has 2 amide bonds. The second-order valence-corrected chi connectivity index (χ2v) is 13.7. The summed E-state index contributed by atoms with van der Waals surface area (Å²) >= 11 is 9.89. The summed E-state index contributed by atoms with van der Waals surface area (Å²) in [5.74, 6) is -0.549. The summed E-state index contributed by atoms with van der Waals surface area (Å²) in [4.78, 5) is 46.8. The number of thiazole rings is 1. The fourth-order valence-corrected chi connectivity index (χ4v) is 7.56. The molecule has 0 spiro atoms. The standard InChI is InChI=1S/C32H22ClN5O4S3/c1-17-5-3-4-6-22(17)29(39)34-21-10-11-24-27(16-21)45-32(36-24)44-26-12-8-19(13-25(26)38(41)42)14-28-30(40)37-31(43-28)35-20-9-7-18(2)23(33)15-20/h3-16H,1-2H3,(H,34,39)(H,35,37,40)/b28-14-. The molecule has 1 aliphatic heterocycles. The number of nitrogens with one attached hydrogen (secondary N) is 2. The van der Waals surface area contributed by atoms with Crippen LogP contribution in [-0.4, -0.2) is 26.9 Å². The lowest BCUT2D eigenvalue weighted by atomic mass is 10.1. The number of amidine groups is 1. The number of carbonyl (C=O) groups excluding carboxylic acids is 2. The highest BCUT2D eigenvalue weighted by atomic mass is 35.5. The average Bonchev–Trinajstić information content (AvgIpc) is 3.56. The molecular weight excluding hydrogens is 650 g/mol. The second-order valence-electron chi connectivity index (χ2n) is 9.93. The third kappa shape index (κ3) is 6.94. The molecule has 0 radical (unpaired) electrons. The summed E-state index contributed by atoms with van der Waals surface area (Å²) in [5, 5.41) is 18.6. The van der Waals surface area contributed by atoms with E-state index in [9.17, 15) is 19.7 Å². The summed E-state index contributed by atoms with van der Waals surface area (Å²) < 4.78 is 1.45. The van der Waals surface area contributed by atoms with Crippen molar-refractivity contribution >= 4 is 96.8 Å². The normalized spacial score (nSPS) is 14.7. The predicted octanol–water partition coefficient (Wildman–Crippen LogP) is 8.77. The molecule has 0 atom stereocenters. The number of nitro benzene ring substituents is 1. The highest BCUT2D eigenvalue weighted by Crippen LogP contribution is 2.40. The zero-order chi connectivity index (χ0) is 31.7. The van der Waals surface area contributed by atoms with Crippen molar-refractivity contribution < 1.29 is 14.5 Å². The summed E-state index contributed by atoms with van der Waals surface area (Å²) in [7, 11) is 0. The molecule has 45 heavy (non-hydrogen) atoms. The number of aliphatic imine (C=N–C) groups is 1. The van der Waals surface area contributed by atoms with Crippen LogP contribution in [0.15, 0.2) is 98.0 Å². The Morgan fingerprint density at radius 1 is 1.07 bits per heavy atom. The monoisotopic (exact) mass is 671 g/mol. The minimum Gasteiger partial charge on any atom is -0.322 e. The first kappa shape index (κ1) is 30.5. The molecule has 224 valence electrons. The minimum absolute atomic E-state index is 0.105. The van der Waals surface area contributed by atoms with E-state index in [1.807, 2.05) is 50.2 Å². The number of amides is 2. The molecule has 0 bridgehead atoms. The quantitative estimate of drug-likeness (QED) is 0.101. The lowest BCUT2D eigenvalue weighted by Crippen LogP contribution is -2.19. The van der Waals surface area contributed by atoms with Crippen molar-refractivity contribution in [3.05, 3.63) is 121 Å². The van der Waals surface area contributed by atoms with Crippen LogP contribution < -0.4 is 10.6 Å². The molecule has 5 aromatic rings. The van der Waals surface area contributed by atoms with E-state index in [4.69, 9.17) is 11.6 Å². The maximum absolute atomic E-state index is 12.8. The smallest absolute Gasteiger partial charge is 0.283 e. The van der Waals surface area contributed by atoms with Gasteiger partial charge in [0.1, 0.15) is 0 Å². The number of thioether (sulfide) groups is 1. The highest BCUT2D eigenvalue weighted by molar-refractivity contribution is 8.18. The van der Waals surface area contributed by atoms with Crippen LogP contribution in [0.25, 0.3) is 16.3 Å². The topological polar surface area (TPSA) is 127 Å². The summed E-state index contributed by atoms with van der Waals surface area (Å²) in [6, 6.07) is 22.9. The third-order valence-corrected chi connectivity index (χ3v) is 10.2. The van der Waals surface area contributed by atoms with E-state index in [0.29, 0.717) is 46.8 Å². The minimum atomic E-state index is -0.452. The maximum atomic E-state index is 12.8. The largest absolute Gasteiger partial charge is 0.322 e. The molecule has 1 aliphatic rings. The Bertz CT molecular complexity index is 2090. The van der Waals surface area contributed by atoms with Gasteiger partial charge in [-0.05, 0) is 90.8 Å². The molecule has 6 rings (SSSR count). The summed E-state index contributed by atoms with van der Waals surface area (Å²) in [5.41, 5.74) is 4.74. The van der Waals surface area contributed by atoms with E-state index in [1.165, 1.54) is 29.2 Å². The Hall–Kier alpha value is -4.49. The maximum Gasteiger partial charge on any atom is 0.283 e. The van der Waals surface area contributed by atoms with Crippen molar-refractivity contribution in [1.82, 2.24) is 10.3 Å². The fourth-order valence-electron chi connectivity index (χ4n) is 4.40. The number of rotatable bonds is 7. The SMILES string of the molecule is Cc1ccc(N=C2NC(=O)/C(=C/c3ccc(Sc4nc5ccc(NC(=O)c6ccccc6C)cc5s4)c([N+](=O)[O-])c3)S2)cc1Cl. The number of fused-ring (bicyclic) bond motifs is 1. The summed E-state index contributed by atoms with van der Waals surface area (Å²) in [6.45, 7) is 3.77. The van der Waals surface area contributed by atoms with Gasteiger partial charge < -0.3 is 10.6 Å². The first-order chi connectivity index (χ1) is 21.6. The van der Waals surface area contributed by atoms with Crippen LogP contribution >= 0.6 is 46.5 Å². The molecule has 0 saturated carbocycles. The van der Waals surface area contributed by atoms with E-state index in [0.717, 1.165) is 33.1 Å². The van der Waals surface area contributed by atoms with Crippen molar-refractivity contribution in [1.29, 1.82) is 0 Å². The van der Waals surface area contributed by atoms with Crippen LogP contribution in [0.1, 0.15) is 27.0 Å². The van der Waals surface area contributed by atoms with Crippen molar-refractivity contribution in [3.63, 3.8) is 0 Å². The van der Waals surface area contributed by atoms with Gasteiger partial charge in [0.2, 0.25) is 0 Å². The zero-order valence-corrected chi connectivity index (χ0v) is 26.9. The Kier molecular flexibility index (Phi) is 8.72. The fraction of sp³-hybridized carbons (Fsp3) is 0.0625. The molecule has 4 aromatic carbocycles. The lowest BCUT2D eigenvalue weighted by molar-refractivity contribution is -0.387. The molecule has 13 heteroatoms. The first-order valence-corrected chi connectivity index (χ1v) is 16.3. The number of halogens is 1. The number of nitro groups is 1. The van der Waals surface area contributed by atoms with Crippen molar-refractivity contribution in [2.75, 3.05) is 5.32 Å². The van der Waals surface area contributed by atoms with Crippen LogP contribution in [0.5, 0.6) is 0 Å². The van der Waals surface area contributed by atoms with Crippen LogP contribution in [0.2, 0.25) is 5.02 Å². The van der Waals surface area contributed by atoms with Gasteiger partial charge in [-0.3, -0.25) is 19.7 Å².